The highest BCUT2D eigenvalue weighted by molar-refractivity contribution is 6.32. The summed E-state index contributed by atoms with van der Waals surface area (Å²) in [6, 6.07) is 5.02. The van der Waals surface area contributed by atoms with Gasteiger partial charge in [-0.25, -0.2) is 0 Å². The van der Waals surface area contributed by atoms with Crippen LogP contribution in [0.1, 0.15) is 43.1 Å². The summed E-state index contributed by atoms with van der Waals surface area (Å²) in [6.07, 6.45) is 0.864. The number of benzene rings is 1. The van der Waals surface area contributed by atoms with E-state index in [1.165, 1.54) is 0 Å². The number of carbonyl (C=O) groups excluding carboxylic acids is 1. The molecule has 0 aliphatic carbocycles. The Morgan fingerprint density at radius 2 is 2.10 bits per heavy atom. The van der Waals surface area contributed by atoms with Crippen LogP contribution in [0.3, 0.4) is 0 Å². The Kier molecular flexibility index (Phi) is 5.62. The van der Waals surface area contributed by atoms with Crippen molar-refractivity contribution in [3.05, 3.63) is 34.3 Å². The van der Waals surface area contributed by atoms with E-state index in [-0.39, 0.29) is 18.1 Å². The smallest absolute Gasteiger partial charge is 0.254 e. The van der Waals surface area contributed by atoms with Crippen molar-refractivity contribution in [2.24, 2.45) is 0 Å². The topological polar surface area (TPSA) is 40.5 Å². The largest absolute Gasteiger partial charge is 0.384 e. The van der Waals surface area contributed by atoms with Crippen molar-refractivity contribution in [1.82, 2.24) is 4.90 Å². The third-order valence-corrected chi connectivity index (χ3v) is 3.91. The fourth-order valence-corrected chi connectivity index (χ4v) is 1.82. The van der Waals surface area contributed by atoms with Crippen LogP contribution in [0.4, 0.5) is 0 Å². The maximum atomic E-state index is 12.4. The first-order valence-electron chi connectivity index (χ1n) is 6.51. The van der Waals surface area contributed by atoms with Crippen LogP contribution in [0.15, 0.2) is 18.2 Å². The minimum Gasteiger partial charge on any atom is -0.384 e. The molecule has 1 aromatic rings. The average Bonchev–Trinajstić information content (AvgIpc) is 2.44. The molecule has 3 nitrogen and oxygen atoms in total. The predicted molar refractivity (Wildman–Crippen MR) is 81.9 cm³/mol. The number of rotatable bonds is 3. The first-order chi connectivity index (χ1) is 9.33. The van der Waals surface area contributed by atoms with Gasteiger partial charge in [-0.15, -0.1) is 0 Å². The van der Waals surface area contributed by atoms with Crippen LogP contribution in [0.2, 0.25) is 5.02 Å². The highest BCUT2D eigenvalue weighted by atomic mass is 35.5. The monoisotopic (exact) mass is 293 g/mol. The molecule has 0 aliphatic rings. The molecule has 0 unspecified atom stereocenters. The van der Waals surface area contributed by atoms with Gasteiger partial charge in [0.1, 0.15) is 6.61 Å². The number of nitrogens with zero attached hydrogens (tertiary/aromatic N) is 1. The van der Waals surface area contributed by atoms with Crippen molar-refractivity contribution < 1.29 is 9.90 Å². The number of hydrogen-bond acceptors (Lipinski definition) is 2. The molecule has 4 heteroatoms. The highest BCUT2D eigenvalue weighted by Gasteiger charge is 2.26. The zero-order valence-electron chi connectivity index (χ0n) is 12.3. The van der Waals surface area contributed by atoms with Gasteiger partial charge >= 0.3 is 0 Å². The first kappa shape index (κ1) is 16.6. The lowest BCUT2D eigenvalue weighted by Crippen LogP contribution is -2.44. The Morgan fingerprint density at radius 3 is 2.60 bits per heavy atom. The van der Waals surface area contributed by atoms with Gasteiger partial charge in [-0.2, -0.15) is 0 Å². The van der Waals surface area contributed by atoms with E-state index in [0.29, 0.717) is 16.1 Å². The fourth-order valence-electron chi connectivity index (χ4n) is 1.59. The number of halogens is 1. The second-order valence-electron chi connectivity index (χ2n) is 5.18. The third-order valence-electron chi connectivity index (χ3n) is 3.60. The minimum absolute atomic E-state index is 0.0691. The van der Waals surface area contributed by atoms with E-state index >= 15 is 0 Å². The lowest BCUT2D eigenvalue weighted by molar-refractivity contribution is 0.0620. The van der Waals surface area contributed by atoms with Crippen LogP contribution < -0.4 is 0 Å². The molecule has 0 spiro atoms. The van der Waals surface area contributed by atoms with Gasteiger partial charge in [-0.3, -0.25) is 4.79 Å². The predicted octanol–water partition coefficient (Wildman–Crippen LogP) is 2.94. The van der Waals surface area contributed by atoms with Crippen molar-refractivity contribution in [1.29, 1.82) is 0 Å². The van der Waals surface area contributed by atoms with Gasteiger partial charge in [0.15, 0.2) is 0 Å². The summed E-state index contributed by atoms with van der Waals surface area (Å²) in [4.78, 5) is 14.1. The molecular weight excluding hydrogens is 274 g/mol. The van der Waals surface area contributed by atoms with Gasteiger partial charge in [-0.1, -0.05) is 30.4 Å². The van der Waals surface area contributed by atoms with E-state index in [2.05, 4.69) is 11.8 Å². The van der Waals surface area contributed by atoms with Crippen LogP contribution in [0.5, 0.6) is 0 Å². The highest BCUT2D eigenvalue weighted by Crippen LogP contribution is 2.22. The summed E-state index contributed by atoms with van der Waals surface area (Å²) in [6.45, 7) is 5.87. The van der Waals surface area contributed by atoms with Gasteiger partial charge in [-0.05, 0) is 38.5 Å². The molecule has 0 radical (unpaired) electrons. The average molecular weight is 294 g/mol. The number of aliphatic hydroxyl groups excluding tert-OH is 1. The molecule has 108 valence electrons. The van der Waals surface area contributed by atoms with Crippen LogP contribution in [-0.4, -0.2) is 35.1 Å². The Bertz CT molecular complexity index is 555. The Morgan fingerprint density at radius 1 is 1.45 bits per heavy atom. The molecular formula is C16H20ClNO2. The standard InChI is InChI=1S/C16H20ClNO2/c1-5-16(2,3)18(4)15(20)13-9-8-12(7-6-10-19)14(17)11-13/h8-9,11,19H,5,10H2,1-4H3. The van der Waals surface area contributed by atoms with E-state index in [1.54, 1.807) is 30.1 Å². The van der Waals surface area contributed by atoms with Gasteiger partial charge in [0, 0.05) is 23.7 Å². The van der Waals surface area contributed by atoms with E-state index < -0.39 is 0 Å². The molecule has 0 bridgehead atoms. The normalized spacial score (nSPS) is 10.7. The van der Waals surface area contributed by atoms with E-state index in [9.17, 15) is 4.79 Å². The molecule has 1 rings (SSSR count). The van der Waals surface area contributed by atoms with Crippen molar-refractivity contribution in [3.8, 4) is 11.8 Å². The Labute approximate surface area is 125 Å². The third kappa shape index (κ3) is 3.75. The Balaban J connectivity index is 3.04. The molecule has 0 saturated heterocycles. The van der Waals surface area contributed by atoms with E-state index in [4.69, 9.17) is 16.7 Å². The maximum Gasteiger partial charge on any atom is 0.254 e. The van der Waals surface area contributed by atoms with Gasteiger partial charge in [0.25, 0.3) is 5.91 Å². The molecule has 1 aromatic carbocycles. The van der Waals surface area contributed by atoms with Crippen LogP contribution >= 0.6 is 11.6 Å². The SMILES string of the molecule is CCC(C)(C)N(C)C(=O)c1ccc(C#CCO)c(Cl)c1. The summed E-state index contributed by atoms with van der Waals surface area (Å²) in [7, 11) is 1.79. The van der Waals surface area contributed by atoms with E-state index in [0.717, 1.165) is 6.42 Å². The lowest BCUT2D eigenvalue weighted by Gasteiger charge is -2.35. The van der Waals surface area contributed by atoms with Crippen molar-refractivity contribution in [2.45, 2.75) is 32.7 Å². The summed E-state index contributed by atoms with van der Waals surface area (Å²) >= 11 is 6.11. The molecule has 0 fully saturated rings. The van der Waals surface area contributed by atoms with Crippen LogP contribution in [0.25, 0.3) is 0 Å². The van der Waals surface area contributed by atoms with Crippen LogP contribution in [0, 0.1) is 11.8 Å². The van der Waals surface area contributed by atoms with Gasteiger partial charge < -0.3 is 10.0 Å². The lowest BCUT2D eigenvalue weighted by atomic mass is 9.98. The minimum atomic E-state index is -0.218. The molecule has 0 heterocycles. The summed E-state index contributed by atoms with van der Waals surface area (Å²) in [5.74, 6) is 5.21. The number of hydrogen-bond donors (Lipinski definition) is 1. The molecule has 1 N–H and O–H groups in total. The maximum absolute atomic E-state index is 12.4. The summed E-state index contributed by atoms with van der Waals surface area (Å²) < 4.78 is 0. The first-order valence-corrected chi connectivity index (χ1v) is 6.88. The molecule has 0 aromatic heterocycles. The van der Waals surface area contributed by atoms with Gasteiger partial charge in [0.2, 0.25) is 0 Å². The summed E-state index contributed by atoms with van der Waals surface area (Å²) in [5.41, 5.74) is 0.932. The number of amides is 1. The second kappa shape index (κ2) is 6.78. The van der Waals surface area contributed by atoms with Crippen molar-refractivity contribution in [3.63, 3.8) is 0 Å². The summed E-state index contributed by atoms with van der Waals surface area (Å²) in [5, 5.41) is 9.09. The Hall–Kier alpha value is -1.50. The molecule has 0 aliphatic heterocycles. The molecule has 20 heavy (non-hydrogen) atoms. The second-order valence-corrected chi connectivity index (χ2v) is 5.59. The number of carbonyl (C=O) groups is 1. The van der Waals surface area contributed by atoms with Crippen molar-refractivity contribution >= 4 is 17.5 Å². The zero-order valence-corrected chi connectivity index (χ0v) is 13.1. The number of aliphatic hydroxyl groups is 1. The van der Waals surface area contributed by atoms with Crippen molar-refractivity contribution in [2.75, 3.05) is 13.7 Å². The van der Waals surface area contributed by atoms with Crippen LogP contribution in [-0.2, 0) is 0 Å². The molecule has 0 saturated carbocycles. The van der Waals surface area contributed by atoms with E-state index in [1.807, 2.05) is 20.8 Å². The quantitative estimate of drug-likeness (QED) is 0.871. The fraction of sp³-hybridized carbons (Fsp3) is 0.438. The molecule has 1 amide bonds. The molecule has 0 atom stereocenters. The van der Waals surface area contributed by atoms with Gasteiger partial charge in [0.05, 0.1) is 5.02 Å². The zero-order chi connectivity index (χ0) is 15.3.